The fourth-order valence-corrected chi connectivity index (χ4v) is 10.6. The molecule has 0 N–H and O–H groups in total. The van der Waals surface area contributed by atoms with Crippen LogP contribution in [0.25, 0.3) is 0 Å². The van der Waals surface area contributed by atoms with Crippen LogP contribution < -0.4 is 4.74 Å². The maximum Gasteiger partial charge on any atom is 0.344 e. The van der Waals surface area contributed by atoms with Gasteiger partial charge < -0.3 is 9.47 Å². The Morgan fingerprint density at radius 1 is 0.861 bits per heavy atom. The zero-order valence-electron chi connectivity index (χ0n) is 21.0. The molecule has 4 fully saturated rings. The number of hydrogen-bond acceptors (Lipinski definition) is 3. The average Bonchev–Trinajstić information content (AvgIpc) is 2.91. The Labute approximate surface area is 216 Å². The predicted octanol–water partition coefficient (Wildman–Crippen LogP) is 7.32. The molecule has 3 nitrogen and oxygen atoms in total. The lowest BCUT2D eigenvalue weighted by molar-refractivity contribution is -0.208. The molecule has 6 bridgehead atoms. The molecule has 0 radical (unpaired) electrons. The van der Waals surface area contributed by atoms with E-state index < -0.39 is 10.9 Å². The molecular weight excluding hydrogens is 464 g/mol. The third-order valence-electron chi connectivity index (χ3n) is 9.52. The summed E-state index contributed by atoms with van der Waals surface area (Å²) in [5.74, 6) is 3.37. The van der Waals surface area contributed by atoms with Crippen molar-refractivity contribution in [3.63, 3.8) is 0 Å². The highest BCUT2D eigenvalue weighted by molar-refractivity contribution is 8.17. The van der Waals surface area contributed by atoms with Gasteiger partial charge in [-0.25, -0.2) is 4.79 Å². The first-order valence-electron chi connectivity index (χ1n) is 13.4. The van der Waals surface area contributed by atoms with E-state index >= 15 is 0 Å². The first kappa shape index (κ1) is 22.5. The molecule has 4 heteroatoms. The topological polar surface area (TPSA) is 35.5 Å². The molecule has 0 saturated heterocycles. The molecule has 36 heavy (non-hydrogen) atoms. The van der Waals surface area contributed by atoms with Crippen LogP contribution in [-0.2, 0) is 9.53 Å². The number of rotatable bonds is 3. The minimum Gasteiger partial charge on any atom is -0.481 e. The molecule has 1 heterocycles. The quantitative estimate of drug-likeness (QED) is 0.304. The number of carbonyl (C=O) groups is 1. The first-order chi connectivity index (χ1) is 17.5. The van der Waals surface area contributed by atoms with Gasteiger partial charge in [0.25, 0.3) is 0 Å². The van der Waals surface area contributed by atoms with Gasteiger partial charge in [-0.15, -0.1) is 0 Å². The van der Waals surface area contributed by atoms with Crippen molar-refractivity contribution >= 4 is 16.9 Å². The summed E-state index contributed by atoms with van der Waals surface area (Å²) in [5, 5.41) is 0. The Bertz CT molecular complexity index is 1270. The van der Waals surface area contributed by atoms with E-state index in [2.05, 4.69) is 86.6 Å². The number of thiol groups is 1. The average molecular weight is 499 g/mol. The molecule has 0 aromatic heterocycles. The second-order valence-corrected chi connectivity index (χ2v) is 13.8. The number of aryl methyl sites for hydroxylation is 1. The molecular formula is C32H34O3S. The third kappa shape index (κ3) is 3.44. The highest BCUT2D eigenvalue weighted by Crippen LogP contribution is 2.66. The molecule has 0 spiro atoms. The lowest BCUT2D eigenvalue weighted by atomic mass is 9.45. The van der Waals surface area contributed by atoms with Crippen LogP contribution in [0.1, 0.15) is 49.7 Å². The van der Waals surface area contributed by atoms with Gasteiger partial charge >= 0.3 is 5.97 Å². The Hall–Kier alpha value is -2.72. The van der Waals surface area contributed by atoms with Crippen LogP contribution in [0.2, 0.25) is 0 Å². The highest BCUT2D eigenvalue weighted by Gasteiger charge is 2.62. The van der Waals surface area contributed by atoms with Crippen LogP contribution in [0, 0.1) is 30.6 Å². The number of benzene rings is 3. The second kappa shape index (κ2) is 8.41. The van der Waals surface area contributed by atoms with E-state index in [1.54, 1.807) is 0 Å². The molecule has 5 aliphatic rings. The molecule has 0 amide bonds. The van der Waals surface area contributed by atoms with Gasteiger partial charge in [0.2, 0.25) is 0 Å². The van der Waals surface area contributed by atoms with E-state index in [4.69, 9.17) is 9.47 Å². The van der Waals surface area contributed by atoms with Crippen molar-refractivity contribution in [2.75, 3.05) is 6.61 Å². The number of hydrogen-bond donors (Lipinski definition) is 1. The fourth-order valence-electron chi connectivity index (χ4n) is 8.16. The van der Waals surface area contributed by atoms with Gasteiger partial charge in [-0.1, -0.05) is 36.4 Å². The molecule has 4 aliphatic carbocycles. The van der Waals surface area contributed by atoms with Gasteiger partial charge in [0, 0.05) is 5.92 Å². The van der Waals surface area contributed by atoms with Crippen molar-refractivity contribution in [1.82, 2.24) is 0 Å². The van der Waals surface area contributed by atoms with Crippen molar-refractivity contribution in [2.45, 2.75) is 65.7 Å². The van der Waals surface area contributed by atoms with Crippen molar-refractivity contribution < 1.29 is 14.3 Å². The molecule has 3 aromatic carbocycles. The van der Waals surface area contributed by atoms with E-state index in [9.17, 15) is 4.79 Å². The summed E-state index contributed by atoms with van der Waals surface area (Å²) in [7, 11) is -0.707. The molecule has 4 saturated carbocycles. The third-order valence-corrected chi connectivity index (χ3v) is 11.9. The Balaban J connectivity index is 1.42. The van der Waals surface area contributed by atoms with Crippen LogP contribution in [0.15, 0.2) is 87.5 Å². The highest BCUT2D eigenvalue weighted by atomic mass is 32.2. The standard InChI is InChI=1S/C32H34O3S/c1-20-13-26(36(24-9-5-3-6-10-24)25-11-7-4-8-12-25)18-27-30-22-14-21-15-23(17-22)32(2,28(30)16-21)35-29(33)19-34-31(20)27/h3-13,18,21-23,28,30,36H,14-17,19H2,1-2H3. The van der Waals surface area contributed by atoms with E-state index in [-0.39, 0.29) is 18.2 Å². The van der Waals surface area contributed by atoms with Crippen LogP contribution in [0.4, 0.5) is 0 Å². The minimum atomic E-state index is -0.707. The Kier molecular flexibility index (Phi) is 5.25. The van der Waals surface area contributed by atoms with Crippen LogP contribution in [0.3, 0.4) is 0 Å². The number of fused-ring (bicyclic) bond motifs is 1. The van der Waals surface area contributed by atoms with Gasteiger partial charge in [-0.05, 0) is 125 Å². The molecule has 8 rings (SSSR count). The van der Waals surface area contributed by atoms with Gasteiger partial charge in [-0.2, -0.15) is 10.9 Å². The van der Waals surface area contributed by atoms with E-state index in [1.165, 1.54) is 33.1 Å². The normalized spacial score (nSPS) is 32.4. The second-order valence-electron chi connectivity index (χ2n) is 11.5. The molecule has 6 atom stereocenters. The zero-order valence-corrected chi connectivity index (χ0v) is 21.9. The Morgan fingerprint density at radius 2 is 1.56 bits per heavy atom. The summed E-state index contributed by atoms with van der Waals surface area (Å²) >= 11 is 0. The van der Waals surface area contributed by atoms with Gasteiger partial charge in [0.1, 0.15) is 11.4 Å². The summed E-state index contributed by atoms with van der Waals surface area (Å²) < 4.78 is 12.6. The summed E-state index contributed by atoms with van der Waals surface area (Å²) in [4.78, 5) is 17.0. The van der Waals surface area contributed by atoms with Gasteiger partial charge in [-0.3, -0.25) is 0 Å². The van der Waals surface area contributed by atoms with E-state index in [1.807, 2.05) is 0 Å². The summed E-state index contributed by atoms with van der Waals surface area (Å²) in [5.41, 5.74) is 2.07. The zero-order chi connectivity index (χ0) is 24.4. The van der Waals surface area contributed by atoms with Crippen LogP contribution in [-0.4, -0.2) is 18.2 Å². The van der Waals surface area contributed by atoms with Crippen LogP contribution in [0.5, 0.6) is 5.75 Å². The molecule has 1 aliphatic heterocycles. The van der Waals surface area contributed by atoms with E-state index in [0.717, 1.165) is 30.1 Å². The number of carbonyl (C=O) groups excluding carboxylic acids is 1. The predicted molar refractivity (Wildman–Crippen MR) is 143 cm³/mol. The molecule has 3 aromatic rings. The van der Waals surface area contributed by atoms with Gasteiger partial charge in [0.05, 0.1) is 0 Å². The fraction of sp³-hybridized carbons (Fsp3) is 0.406. The van der Waals surface area contributed by atoms with Crippen molar-refractivity contribution in [2.24, 2.45) is 23.7 Å². The maximum absolute atomic E-state index is 12.9. The van der Waals surface area contributed by atoms with Gasteiger partial charge in [0.15, 0.2) is 6.61 Å². The smallest absolute Gasteiger partial charge is 0.344 e. The van der Waals surface area contributed by atoms with Crippen LogP contribution >= 0.6 is 10.9 Å². The summed E-state index contributed by atoms with van der Waals surface area (Å²) in [6.07, 6.45) is 4.84. The monoisotopic (exact) mass is 498 g/mol. The lowest BCUT2D eigenvalue weighted by Gasteiger charge is -2.62. The number of ether oxygens (including phenoxy) is 2. The SMILES string of the molecule is Cc1cc([SH](c2ccccc2)c2ccccc2)cc2c1OCC(=O)OC1(C)C3CC4CC(C3)C2C1C4. The first-order valence-corrected chi connectivity index (χ1v) is 14.7. The largest absolute Gasteiger partial charge is 0.481 e. The molecule has 186 valence electrons. The van der Waals surface area contributed by atoms with Crippen molar-refractivity contribution in [3.05, 3.63) is 83.9 Å². The minimum absolute atomic E-state index is 0.00480. The summed E-state index contributed by atoms with van der Waals surface area (Å²) in [6, 6.07) is 26.6. The lowest BCUT2D eigenvalue weighted by Crippen LogP contribution is -2.60. The maximum atomic E-state index is 12.9. The molecule has 6 unspecified atom stereocenters. The van der Waals surface area contributed by atoms with E-state index in [0.29, 0.717) is 23.7 Å². The summed E-state index contributed by atoms with van der Waals surface area (Å²) in [6.45, 7) is 4.38. The number of esters is 1. The Morgan fingerprint density at radius 3 is 2.25 bits per heavy atom. The van der Waals surface area contributed by atoms with Crippen molar-refractivity contribution in [3.8, 4) is 5.75 Å². The van der Waals surface area contributed by atoms with Crippen molar-refractivity contribution in [1.29, 1.82) is 0 Å².